The lowest BCUT2D eigenvalue weighted by Crippen LogP contribution is -2.25. The fourth-order valence-corrected chi connectivity index (χ4v) is 4.01. The number of ether oxygens (including phenoxy) is 1. The number of carbonyl (C=O) groups is 2. The molecule has 3 aromatic carbocycles. The third kappa shape index (κ3) is 5.95. The second-order valence-electron chi connectivity index (χ2n) is 8.18. The van der Waals surface area contributed by atoms with Crippen LogP contribution in [0.4, 0.5) is 5.69 Å². The van der Waals surface area contributed by atoms with Crippen LogP contribution >= 0.6 is 0 Å². The maximum Gasteiger partial charge on any atom is 0.262 e. The van der Waals surface area contributed by atoms with Gasteiger partial charge in [0.15, 0.2) is 0 Å². The maximum absolute atomic E-state index is 12.7. The van der Waals surface area contributed by atoms with E-state index in [2.05, 4.69) is 40.0 Å². The minimum absolute atomic E-state index is 0.156. The summed E-state index contributed by atoms with van der Waals surface area (Å²) in [6, 6.07) is 27.4. The van der Waals surface area contributed by atoms with Crippen LogP contribution in [0.25, 0.3) is 0 Å². The van der Waals surface area contributed by atoms with E-state index >= 15 is 0 Å². The number of amides is 2. The topological polar surface area (TPSA) is 85.2 Å². The van der Waals surface area contributed by atoms with Crippen LogP contribution in [-0.4, -0.2) is 35.2 Å². The van der Waals surface area contributed by atoms with Crippen molar-refractivity contribution in [3.63, 3.8) is 0 Å². The van der Waals surface area contributed by atoms with Gasteiger partial charge in [-0.1, -0.05) is 60.7 Å². The molecular formula is C28H28N4O3. The lowest BCUT2D eigenvalue weighted by molar-refractivity contribution is 0.0952. The van der Waals surface area contributed by atoms with Gasteiger partial charge in [-0.3, -0.25) is 14.3 Å². The lowest BCUT2D eigenvalue weighted by atomic mass is 9.88. The number of hydrogen-bond acceptors (Lipinski definition) is 4. The molecule has 0 aliphatic carbocycles. The molecule has 178 valence electrons. The number of anilines is 1. The minimum Gasteiger partial charge on any atom is -0.479 e. The Labute approximate surface area is 204 Å². The van der Waals surface area contributed by atoms with Crippen LogP contribution in [0.1, 0.15) is 44.2 Å². The molecule has 0 aliphatic rings. The van der Waals surface area contributed by atoms with Crippen LogP contribution in [0.3, 0.4) is 0 Å². The highest BCUT2D eigenvalue weighted by Gasteiger charge is 2.17. The molecular weight excluding hydrogens is 440 g/mol. The van der Waals surface area contributed by atoms with Gasteiger partial charge in [0, 0.05) is 37.0 Å². The highest BCUT2D eigenvalue weighted by molar-refractivity contribution is 6.06. The minimum atomic E-state index is -0.333. The van der Waals surface area contributed by atoms with Gasteiger partial charge in [0.1, 0.15) is 5.56 Å². The van der Waals surface area contributed by atoms with E-state index in [-0.39, 0.29) is 23.6 Å². The molecule has 2 N–H and O–H groups in total. The van der Waals surface area contributed by atoms with E-state index < -0.39 is 0 Å². The summed E-state index contributed by atoms with van der Waals surface area (Å²) in [5, 5.41) is 9.91. The summed E-state index contributed by atoms with van der Waals surface area (Å²) in [5.74, 6) is -0.0400. The molecule has 4 aromatic rings. The first-order valence-electron chi connectivity index (χ1n) is 11.4. The molecule has 0 bridgehead atoms. The van der Waals surface area contributed by atoms with Gasteiger partial charge in [0.2, 0.25) is 5.88 Å². The van der Waals surface area contributed by atoms with Crippen molar-refractivity contribution >= 4 is 17.5 Å². The van der Waals surface area contributed by atoms with E-state index in [9.17, 15) is 9.59 Å². The maximum atomic E-state index is 12.7. The smallest absolute Gasteiger partial charge is 0.262 e. The molecule has 1 aromatic heterocycles. The number of benzene rings is 3. The molecule has 0 unspecified atom stereocenters. The van der Waals surface area contributed by atoms with Gasteiger partial charge < -0.3 is 15.4 Å². The number of rotatable bonds is 9. The molecule has 7 heteroatoms. The molecule has 0 saturated heterocycles. The summed E-state index contributed by atoms with van der Waals surface area (Å²) < 4.78 is 6.66. The molecule has 0 radical (unpaired) electrons. The van der Waals surface area contributed by atoms with Crippen molar-refractivity contribution in [2.45, 2.75) is 12.3 Å². The lowest BCUT2D eigenvalue weighted by Gasteiger charge is -2.18. The second-order valence-corrected chi connectivity index (χ2v) is 8.18. The highest BCUT2D eigenvalue weighted by Crippen LogP contribution is 2.27. The number of nitrogens with zero attached hydrogens (tertiary/aromatic N) is 2. The van der Waals surface area contributed by atoms with Crippen molar-refractivity contribution in [1.82, 2.24) is 15.1 Å². The van der Waals surface area contributed by atoms with Crippen molar-refractivity contribution in [3.05, 3.63) is 113 Å². The summed E-state index contributed by atoms with van der Waals surface area (Å²) in [6.07, 6.45) is 2.37. The molecule has 0 aliphatic heterocycles. The number of nitrogens with one attached hydrogen (secondary N) is 2. The number of aromatic nitrogens is 2. The standard InChI is InChI=1S/C28H28N4O3/c1-32-19-25(28(31-32)35-2)27(34)30-23-15-13-22(14-16-23)26(33)29-18-17-24(20-9-5-3-6-10-20)21-11-7-4-8-12-21/h3-16,19,24H,17-18H2,1-2H3,(H,29,33)(H,30,34). The van der Waals surface area contributed by atoms with Crippen LogP contribution < -0.4 is 15.4 Å². The molecule has 35 heavy (non-hydrogen) atoms. The SMILES string of the molecule is COc1nn(C)cc1C(=O)Nc1ccc(C(=O)NCCC(c2ccccc2)c2ccccc2)cc1. The third-order valence-corrected chi connectivity index (χ3v) is 5.76. The van der Waals surface area contributed by atoms with Crippen LogP contribution in [0.5, 0.6) is 5.88 Å². The molecule has 7 nitrogen and oxygen atoms in total. The number of carbonyl (C=O) groups excluding carboxylic acids is 2. The van der Waals surface area contributed by atoms with E-state index in [4.69, 9.17) is 4.74 Å². The summed E-state index contributed by atoms with van der Waals surface area (Å²) in [5.41, 5.74) is 3.88. The molecule has 0 fully saturated rings. The van der Waals surface area contributed by atoms with Crippen LogP contribution in [0.15, 0.2) is 91.1 Å². The Morgan fingerprint density at radius 2 is 1.49 bits per heavy atom. The Morgan fingerprint density at radius 1 is 0.886 bits per heavy atom. The van der Waals surface area contributed by atoms with Gasteiger partial charge in [0.05, 0.1) is 7.11 Å². The first-order valence-corrected chi connectivity index (χ1v) is 11.4. The zero-order chi connectivity index (χ0) is 24.6. The quantitative estimate of drug-likeness (QED) is 0.375. The Bertz CT molecular complexity index is 1230. The summed E-state index contributed by atoms with van der Waals surface area (Å²) in [4.78, 5) is 25.3. The van der Waals surface area contributed by atoms with Crippen molar-refractivity contribution in [2.75, 3.05) is 19.0 Å². The average molecular weight is 469 g/mol. The van der Waals surface area contributed by atoms with E-state index in [0.29, 0.717) is 23.4 Å². The van der Waals surface area contributed by atoms with Crippen LogP contribution in [-0.2, 0) is 7.05 Å². The van der Waals surface area contributed by atoms with Gasteiger partial charge in [-0.25, -0.2) is 0 Å². The monoisotopic (exact) mass is 468 g/mol. The average Bonchev–Trinajstić information content (AvgIpc) is 3.29. The van der Waals surface area contributed by atoms with Crippen molar-refractivity contribution in [3.8, 4) is 5.88 Å². The number of hydrogen-bond donors (Lipinski definition) is 2. The van der Waals surface area contributed by atoms with Crippen LogP contribution in [0, 0.1) is 0 Å². The molecule has 0 saturated carbocycles. The summed E-state index contributed by atoms with van der Waals surface area (Å²) in [6.45, 7) is 0.534. The molecule has 4 rings (SSSR count). The van der Waals surface area contributed by atoms with Gasteiger partial charge >= 0.3 is 0 Å². The Balaban J connectivity index is 1.35. The Kier molecular flexibility index (Phi) is 7.57. The first-order chi connectivity index (χ1) is 17.0. The van der Waals surface area contributed by atoms with Gasteiger partial charge in [-0.2, -0.15) is 0 Å². The number of aryl methyl sites for hydroxylation is 1. The predicted octanol–water partition coefficient (Wildman–Crippen LogP) is 4.63. The highest BCUT2D eigenvalue weighted by atomic mass is 16.5. The normalized spacial score (nSPS) is 10.7. The molecule has 0 spiro atoms. The van der Waals surface area contributed by atoms with E-state index in [1.54, 1.807) is 37.5 Å². The van der Waals surface area contributed by atoms with Gasteiger partial charge in [-0.15, -0.1) is 5.10 Å². The zero-order valence-corrected chi connectivity index (χ0v) is 19.8. The van der Waals surface area contributed by atoms with Crippen molar-refractivity contribution < 1.29 is 14.3 Å². The Hall–Kier alpha value is -4.39. The van der Waals surface area contributed by atoms with Gasteiger partial charge in [-0.05, 0) is 41.8 Å². The molecule has 2 amide bonds. The van der Waals surface area contributed by atoms with E-state index in [1.165, 1.54) is 22.9 Å². The largest absolute Gasteiger partial charge is 0.479 e. The first kappa shape index (κ1) is 23.8. The molecule has 1 heterocycles. The predicted molar refractivity (Wildman–Crippen MR) is 136 cm³/mol. The Morgan fingerprint density at radius 3 is 2.06 bits per heavy atom. The van der Waals surface area contributed by atoms with Crippen molar-refractivity contribution in [1.29, 1.82) is 0 Å². The fourth-order valence-electron chi connectivity index (χ4n) is 4.01. The van der Waals surface area contributed by atoms with Crippen molar-refractivity contribution in [2.24, 2.45) is 7.05 Å². The summed E-state index contributed by atoms with van der Waals surface area (Å²) in [7, 11) is 3.18. The second kappa shape index (κ2) is 11.2. The number of methoxy groups -OCH3 is 1. The molecule has 0 atom stereocenters. The zero-order valence-electron chi connectivity index (χ0n) is 19.8. The van der Waals surface area contributed by atoms with Crippen LogP contribution in [0.2, 0.25) is 0 Å². The van der Waals surface area contributed by atoms with E-state index in [0.717, 1.165) is 6.42 Å². The third-order valence-electron chi connectivity index (χ3n) is 5.76. The summed E-state index contributed by atoms with van der Waals surface area (Å²) >= 11 is 0. The van der Waals surface area contributed by atoms with E-state index in [1.807, 2.05) is 36.4 Å². The fraction of sp³-hybridized carbons (Fsp3) is 0.179. The van der Waals surface area contributed by atoms with Gasteiger partial charge in [0.25, 0.3) is 11.8 Å².